The van der Waals surface area contributed by atoms with Crippen LogP contribution in [0.5, 0.6) is 0 Å². The minimum Gasteiger partial charge on any atom is -0.381 e. The predicted octanol–water partition coefficient (Wildman–Crippen LogP) is 1.72. The molecule has 2 heteroatoms. The third kappa shape index (κ3) is 0.954. The standard InChI is InChI=1S/C9H13NO/c10-7-9(3-1-4-9)8-2-5-11-6-8/h8H,1-6H2. The molecule has 0 N–H and O–H groups in total. The van der Waals surface area contributed by atoms with Gasteiger partial charge in [0, 0.05) is 12.5 Å². The van der Waals surface area contributed by atoms with Crippen molar-refractivity contribution >= 4 is 0 Å². The van der Waals surface area contributed by atoms with Gasteiger partial charge in [0.2, 0.25) is 0 Å². The van der Waals surface area contributed by atoms with Gasteiger partial charge in [-0.2, -0.15) is 5.26 Å². The maximum atomic E-state index is 8.99. The van der Waals surface area contributed by atoms with Crippen LogP contribution in [0.4, 0.5) is 0 Å². The van der Waals surface area contributed by atoms with Gasteiger partial charge >= 0.3 is 0 Å². The second-order valence-corrected chi connectivity index (χ2v) is 3.68. The summed E-state index contributed by atoms with van der Waals surface area (Å²) in [5.74, 6) is 0.543. The number of nitrogens with zero attached hydrogens (tertiary/aromatic N) is 1. The Morgan fingerprint density at radius 2 is 2.27 bits per heavy atom. The van der Waals surface area contributed by atoms with Crippen molar-refractivity contribution in [2.75, 3.05) is 13.2 Å². The molecule has 0 bridgehead atoms. The van der Waals surface area contributed by atoms with E-state index in [1.54, 1.807) is 0 Å². The highest BCUT2D eigenvalue weighted by Crippen LogP contribution is 2.49. The molecule has 0 aromatic heterocycles. The molecule has 1 aliphatic carbocycles. The molecule has 0 aromatic carbocycles. The van der Waals surface area contributed by atoms with Gasteiger partial charge in [-0.3, -0.25) is 0 Å². The molecule has 1 aliphatic heterocycles. The van der Waals surface area contributed by atoms with Crippen LogP contribution in [0.2, 0.25) is 0 Å². The predicted molar refractivity (Wildman–Crippen MR) is 40.8 cm³/mol. The normalized spacial score (nSPS) is 34.3. The molecule has 2 rings (SSSR count). The molecule has 2 fully saturated rings. The van der Waals surface area contributed by atoms with Crippen molar-refractivity contribution in [1.29, 1.82) is 5.26 Å². The zero-order chi connectivity index (χ0) is 7.73. The first-order valence-electron chi connectivity index (χ1n) is 4.36. The van der Waals surface area contributed by atoms with Gasteiger partial charge in [-0.1, -0.05) is 6.42 Å². The van der Waals surface area contributed by atoms with E-state index in [0.29, 0.717) is 5.92 Å². The zero-order valence-electron chi connectivity index (χ0n) is 6.68. The number of rotatable bonds is 1. The van der Waals surface area contributed by atoms with Gasteiger partial charge in [0.25, 0.3) is 0 Å². The van der Waals surface area contributed by atoms with E-state index < -0.39 is 0 Å². The molecule has 1 heterocycles. The first-order chi connectivity index (χ1) is 5.37. The second-order valence-electron chi connectivity index (χ2n) is 3.68. The van der Waals surface area contributed by atoms with Crippen molar-refractivity contribution in [3.63, 3.8) is 0 Å². The summed E-state index contributed by atoms with van der Waals surface area (Å²) < 4.78 is 5.29. The Labute approximate surface area is 67.2 Å². The van der Waals surface area contributed by atoms with Crippen molar-refractivity contribution in [3.05, 3.63) is 0 Å². The average molecular weight is 151 g/mol. The smallest absolute Gasteiger partial charge is 0.0693 e. The van der Waals surface area contributed by atoms with Crippen LogP contribution in [0.25, 0.3) is 0 Å². The molecular formula is C9H13NO. The fraction of sp³-hybridized carbons (Fsp3) is 0.889. The number of nitriles is 1. The minimum atomic E-state index is 0.0243. The van der Waals surface area contributed by atoms with Gasteiger partial charge in [-0.25, -0.2) is 0 Å². The van der Waals surface area contributed by atoms with Gasteiger partial charge in [0.05, 0.1) is 18.1 Å². The molecule has 1 saturated heterocycles. The average Bonchev–Trinajstić information content (AvgIpc) is 2.39. The molecule has 1 saturated carbocycles. The van der Waals surface area contributed by atoms with Crippen molar-refractivity contribution in [1.82, 2.24) is 0 Å². The van der Waals surface area contributed by atoms with E-state index in [9.17, 15) is 0 Å². The van der Waals surface area contributed by atoms with Crippen molar-refractivity contribution in [3.8, 4) is 6.07 Å². The summed E-state index contributed by atoms with van der Waals surface area (Å²) in [7, 11) is 0. The summed E-state index contributed by atoms with van der Waals surface area (Å²) in [6.45, 7) is 1.70. The highest BCUT2D eigenvalue weighted by Gasteiger charge is 2.45. The molecule has 0 radical (unpaired) electrons. The lowest BCUT2D eigenvalue weighted by molar-refractivity contribution is 0.0945. The zero-order valence-corrected chi connectivity index (χ0v) is 6.68. The van der Waals surface area contributed by atoms with E-state index in [2.05, 4.69) is 6.07 Å². The Hall–Kier alpha value is -0.550. The lowest BCUT2D eigenvalue weighted by atomic mass is 9.62. The Morgan fingerprint density at radius 3 is 2.64 bits per heavy atom. The lowest BCUT2D eigenvalue weighted by Crippen LogP contribution is -2.36. The van der Waals surface area contributed by atoms with Crippen LogP contribution in [0.1, 0.15) is 25.7 Å². The molecule has 60 valence electrons. The summed E-state index contributed by atoms with van der Waals surface area (Å²) in [6, 6.07) is 2.48. The highest BCUT2D eigenvalue weighted by atomic mass is 16.5. The van der Waals surface area contributed by atoms with Crippen LogP contribution in [0.15, 0.2) is 0 Å². The second kappa shape index (κ2) is 2.49. The largest absolute Gasteiger partial charge is 0.381 e. The van der Waals surface area contributed by atoms with E-state index in [-0.39, 0.29) is 5.41 Å². The van der Waals surface area contributed by atoms with Crippen LogP contribution >= 0.6 is 0 Å². The van der Waals surface area contributed by atoms with Crippen molar-refractivity contribution < 1.29 is 4.74 Å². The fourth-order valence-electron chi connectivity index (χ4n) is 2.14. The number of hydrogen-bond acceptors (Lipinski definition) is 2. The van der Waals surface area contributed by atoms with Crippen LogP contribution in [-0.4, -0.2) is 13.2 Å². The maximum Gasteiger partial charge on any atom is 0.0693 e. The molecule has 0 aromatic rings. The molecule has 2 nitrogen and oxygen atoms in total. The first-order valence-corrected chi connectivity index (χ1v) is 4.36. The van der Waals surface area contributed by atoms with Gasteiger partial charge in [-0.05, 0) is 19.3 Å². The van der Waals surface area contributed by atoms with E-state index in [4.69, 9.17) is 10.00 Å². The molecule has 0 spiro atoms. The summed E-state index contributed by atoms with van der Waals surface area (Å²) in [6.07, 6.45) is 4.56. The molecule has 11 heavy (non-hydrogen) atoms. The number of ether oxygens (including phenoxy) is 1. The van der Waals surface area contributed by atoms with Gasteiger partial charge in [0.1, 0.15) is 0 Å². The van der Waals surface area contributed by atoms with Gasteiger partial charge in [0.15, 0.2) is 0 Å². The Balaban J connectivity index is 2.06. The highest BCUT2D eigenvalue weighted by molar-refractivity contribution is 5.08. The van der Waals surface area contributed by atoms with E-state index in [1.165, 1.54) is 6.42 Å². The Morgan fingerprint density at radius 1 is 1.45 bits per heavy atom. The first kappa shape index (κ1) is 7.12. The quantitative estimate of drug-likeness (QED) is 0.571. The van der Waals surface area contributed by atoms with Crippen molar-refractivity contribution in [2.24, 2.45) is 11.3 Å². The number of hydrogen-bond donors (Lipinski definition) is 0. The molecule has 1 unspecified atom stereocenters. The summed E-state index contributed by atoms with van der Waals surface area (Å²) in [4.78, 5) is 0. The van der Waals surface area contributed by atoms with E-state index in [1.807, 2.05) is 0 Å². The topological polar surface area (TPSA) is 33.0 Å². The van der Waals surface area contributed by atoms with Crippen LogP contribution < -0.4 is 0 Å². The van der Waals surface area contributed by atoms with Gasteiger partial charge < -0.3 is 4.74 Å². The van der Waals surface area contributed by atoms with E-state index >= 15 is 0 Å². The van der Waals surface area contributed by atoms with Crippen LogP contribution in [0.3, 0.4) is 0 Å². The van der Waals surface area contributed by atoms with Gasteiger partial charge in [-0.15, -0.1) is 0 Å². The fourth-order valence-corrected chi connectivity index (χ4v) is 2.14. The van der Waals surface area contributed by atoms with Crippen LogP contribution in [0, 0.1) is 22.7 Å². The summed E-state index contributed by atoms with van der Waals surface area (Å²) >= 11 is 0. The lowest BCUT2D eigenvalue weighted by Gasteiger charge is -2.39. The Bertz CT molecular complexity index is 184. The SMILES string of the molecule is N#CC1(C2CCOC2)CCC1. The summed E-state index contributed by atoms with van der Waals surface area (Å²) in [5, 5.41) is 8.99. The Kier molecular flexibility index (Phi) is 1.61. The monoisotopic (exact) mass is 151 g/mol. The third-order valence-electron chi connectivity index (χ3n) is 3.18. The van der Waals surface area contributed by atoms with Crippen LogP contribution in [-0.2, 0) is 4.74 Å². The molecule has 1 atom stereocenters. The summed E-state index contributed by atoms with van der Waals surface area (Å²) in [5.41, 5.74) is 0.0243. The minimum absolute atomic E-state index is 0.0243. The molecule has 0 amide bonds. The van der Waals surface area contributed by atoms with E-state index in [0.717, 1.165) is 32.5 Å². The van der Waals surface area contributed by atoms with Crippen molar-refractivity contribution in [2.45, 2.75) is 25.7 Å². The third-order valence-corrected chi connectivity index (χ3v) is 3.18. The maximum absolute atomic E-state index is 8.99. The molecule has 2 aliphatic rings. The molecular weight excluding hydrogens is 138 g/mol.